The van der Waals surface area contributed by atoms with Gasteiger partial charge in [-0.2, -0.15) is 11.8 Å². The predicted molar refractivity (Wildman–Crippen MR) is 101 cm³/mol. The smallest absolute Gasteiger partial charge is 0.229 e. The zero-order valence-corrected chi connectivity index (χ0v) is 15.6. The summed E-state index contributed by atoms with van der Waals surface area (Å²) in [6, 6.07) is 10.0. The van der Waals surface area contributed by atoms with E-state index < -0.39 is 0 Å². The van der Waals surface area contributed by atoms with Crippen LogP contribution < -0.4 is 10.2 Å². The number of nitrogens with zero attached hydrogens (tertiary/aromatic N) is 3. The molecular weight excluding hydrogens is 356 g/mol. The highest BCUT2D eigenvalue weighted by molar-refractivity contribution is 7.98. The van der Waals surface area contributed by atoms with Gasteiger partial charge < -0.3 is 5.32 Å². The number of nitrogens with one attached hydrogen (secondary N) is 1. The van der Waals surface area contributed by atoms with Gasteiger partial charge in [0.15, 0.2) is 0 Å². The van der Waals surface area contributed by atoms with Gasteiger partial charge in [0.25, 0.3) is 0 Å². The third kappa shape index (κ3) is 4.58. The van der Waals surface area contributed by atoms with E-state index in [1.54, 1.807) is 16.7 Å². The molecule has 1 aliphatic heterocycles. The molecule has 1 atom stereocenters. The highest BCUT2D eigenvalue weighted by Gasteiger charge is 2.36. The van der Waals surface area contributed by atoms with E-state index in [9.17, 15) is 9.59 Å². The van der Waals surface area contributed by atoms with Gasteiger partial charge in [0, 0.05) is 31.7 Å². The molecule has 0 spiro atoms. The lowest BCUT2D eigenvalue weighted by Crippen LogP contribution is -2.34. The van der Waals surface area contributed by atoms with Gasteiger partial charge in [-0.15, -0.1) is 10.2 Å². The van der Waals surface area contributed by atoms with E-state index in [1.165, 1.54) is 11.3 Å². The van der Waals surface area contributed by atoms with Crippen molar-refractivity contribution in [3.05, 3.63) is 40.9 Å². The molecule has 2 aromatic rings. The first kappa shape index (κ1) is 17.9. The van der Waals surface area contributed by atoms with Crippen molar-refractivity contribution in [3.8, 4) is 0 Å². The Labute approximate surface area is 155 Å². The van der Waals surface area contributed by atoms with Crippen LogP contribution in [-0.4, -0.2) is 47.1 Å². The fourth-order valence-electron chi connectivity index (χ4n) is 2.68. The van der Waals surface area contributed by atoms with Crippen molar-refractivity contribution < 1.29 is 9.59 Å². The zero-order chi connectivity index (χ0) is 17.6. The summed E-state index contributed by atoms with van der Waals surface area (Å²) in [7, 11) is 0. The van der Waals surface area contributed by atoms with Crippen molar-refractivity contribution in [1.82, 2.24) is 15.5 Å². The van der Waals surface area contributed by atoms with Crippen molar-refractivity contribution in [2.75, 3.05) is 30.0 Å². The van der Waals surface area contributed by atoms with Crippen LogP contribution in [0.5, 0.6) is 0 Å². The molecule has 1 fully saturated rings. The molecule has 0 radical (unpaired) electrons. The van der Waals surface area contributed by atoms with Gasteiger partial charge in [-0.1, -0.05) is 41.7 Å². The van der Waals surface area contributed by atoms with Gasteiger partial charge in [-0.3, -0.25) is 14.5 Å². The minimum absolute atomic E-state index is 0.0566. The van der Waals surface area contributed by atoms with Gasteiger partial charge in [-0.05, 0) is 11.8 Å². The Bertz CT molecular complexity index is 735. The standard InChI is InChI=1S/C17H20N4O2S2/c1-24-8-7-18-16(23)13-10-15(22)21(11-13)17-20-19-14(25-17)9-12-5-3-2-4-6-12/h2-6,13H,7-11H2,1H3,(H,18,23). The number of thioether (sulfide) groups is 1. The second kappa shape index (κ2) is 8.44. The molecule has 2 amide bonds. The van der Waals surface area contributed by atoms with E-state index in [1.807, 2.05) is 36.6 Å². The summed E-state index contributed by atoms with van der Waals surface area (Å²) in [5.41, 5.74) is 1.16. The van der Waals surface area contributed by atoms with E-state index in [0.29, 0.717) is 24.6 Å². The molecule has 1 aromatic heterocycles. The third-order valence-electron chi connectivity index (χ3n) is 3.99. The number of benzene rings is 1. The molecule has 8 heteroatoms. The molecule has 1 unspecified atom stereocenters. The maximum atomic E-state index is 12.3. The van der Waals surface area contributed by atoms with Crippen molar-refractivity contribution in [1.29, 1.82) is 0 Å². The molecule has 1 N–H and O–H groups in total. The summed E-state index contributed by atoms with van der Waals surface area (Å²) in [6.45, 7) is 1.01. The maximum absolute atomic E-state index is 12.3. The number of hydrogen-bond acceptors (Lipinski definition) is 6. The normalized spacial score (nSPS) is 17.1. The van der Waals surface area contributed by atoms with Crippen LogP contribution in [-0.2, 0) is 16.0 Å². The maximum Gasteiger partial charge on any atom is 0.229 e. The average Bonchev–Trinajstić information content (AvgIpc) is 3.22. The van der Waals surface area contributed by atoms with Crippen LogP contribution >= 0.6 is 23.1 Å². The molecular formula is C17H20N4O2S2. The summed E-state index contributed by atoms with van der Waals surface area (Å²) < 4.78 is 0. The largest absolute Gasteiger partial charge is 0.355 e. The van der Waals surface area contributed by atoms with Crippen LogP contribution in [0.2, 0.25) is 0 Å². The predicted octanol–water partition coefficient (Wildman–Crippen LogP) is 1.96. The molecule has 1 aliphatic rings. The molecule has 132 valence electrons. The Hall–Kier alpha value is -1.93. The molecule has 6 nitrogen and oxygen atoms in total. The minimum Gasteiger partial charge on any atom is -0.355 e. The van der Waals surface area contributed by atoms with Gasteiger partial charge in [0.2, 0.25) is 16.9 Å². The quantitative estimate of drug-likeness (QED) is 0.748. The Morgan fingerprint density at radius 2 is 2.16 bits per heavy atom. The zero-order valence-electron chi connectivity index (χ0n) is 14.0. The molecule has 1 saturated heterocycles. The summed E-state index contributed by atoms with van der Waals surface area (Å²) >= 11 is 3.09. The van der Waals surface area contributed by atoms with Crippen LogP contribution in [0.25, 0.3) is 0 Å². The monoisotopic (exact) mass is 376 g/mol. The molecule has 0 bridgehead atoms. The number of carbonyl (C=O) groups is 2. The van der Waals surface area contributed by atoms with Gasteiger partial charge >= 0.3 is 0 Å². The van der Waals surface area contributed by atoms with Crippen LogP contribution in [0.4, 0.5) is 5.13 Å². The molecule has 3 rings (SSSR count). The number of rotatable bonds is 7. The van der Waals surface area contributed by atoms with Crippen LogP contribution in [0.3, 0.4) is 0 Å². The Morgan fingerprint density at radius 3 is 2.92 bits per heavy atom. The molecule has 0 aliphatic carbocycles. The second-order valence-electron chi connectivity index (χ2n) is 5.83. The second-order valence-corrected chi connectivity index (χ2v) is 7.86. The lowest BCUT2D eigenvalue weighted by Gasteiger charge is -2.12. The molecule has 25 heavy (non-hydrogen) atoms. The summed E-state index contributed by atoms with van der Waals surface area (Å²) in [4.78, 5) is 26.0. The van der Waals surface area contributed by atoms with Crippen molar-refractivity contribution >= 4 is 40.0 Å². The lowest BCUT2D eigenvalue weighted by atomic mass is 10.1. The highest BCUT2D eigenvalue weighted by Crippen LogP contribution is 2.28. The van der Waals surface area contributed by atoms with Crippen molar-refractivity contribution in [2.45, 2.75) is 12.8 Å². The number of amides is 2. The number of aromatic nitrogens is 2. The first-order valence-electron chi connectivity index (χ1n) is 8.10. The summed E-state index contributed by atoms with van der Waals surface area (Å²) in [5, 5.41) is 12.7. The van der Waals surface area contributed by atoms with E-state index in [2.05, 4.69) is 15.5 Å². The molecule has 2 heterocycles. The topological polar surface area (TPSA) is 75.2 Å². The van der Waals surface area contributed by atoms with E-state index in [-0.39, 0.29) is 24.2 Å². The number of hydrogen-bond donors (Lipinski definition) is 1. The van der Waals surface area contributed by atoms with Gasteiger partial charge in [-0.25, -0.2) is 0 Å². The van der Waals surface area contributed by atoms with Gasteiger partial charge in [0.1, 0.15) is 5.01 Å². The first-order chi connectivity index (χ1) is 12.2. The van der Waals surface area contributed by atoms with Crippen LogP contribution in [0.15, 0.2) is 30.3 Å². The SMILES string of the molecule is CSCCNC(=O)C1CC(=O)N(c2nnc(Cc3ccccc3)s2)C1. The number of anilines is 1. The molecule has 0 saturated carbocycles. The lowest BCUT2D eigenvalue weighted by molar-refractivity contribution is -0.126. The Morgan fingerprint density at radius 1 is 1.36 bits per heavy atom. The third-order valence-corrected chi connectivity index (χ3v) is 5.55. The highest BCUT2D eigenvalue weighted by atomic mass is 32.2. The van der Waals surface area contributed by atoms with Crippen LogP contribution in [0.1, 0.15) is 17.0 Å². The minimum atomic E-state index is -0.309. The average molecular weight is 377 g/mol. The van der Waals surface area contributed by atoms with Crippen molar-refractivity contribution in [3.63, 3.8) is 0 Å². The van der Waals surface area contributed by atoms with E-state index in [4.69, 9.17) is 0 Å². The molecule has 1 aromatic carbocycles. The van der Waals surface area contributed by atoms with E-state index >= 15 is 0 Å². The van der Waals surface area contributed by atoms with Gasteiger partial charge in [0.05, 0.1) is 5.92 Å². The van der Waals surface area contributed by atoms with Crippen LogP contribution in [0, 0.1) is 5.92 Å². The van der Waals surface area contributed by atoms with E-state index in [0.717, 1.165) is 16.3 Å². The number of carbonyl (C=O) groups excluding carboxylic acids is 2. The Balaban J connectivity index is 1.60. The Kier molecular flexibility index (Phi) is 6.04. The summed E-state index contributed by atoms with van der Waals surface area (Å²) in [5.74, 6) is 0.442. The summed E-state index contributed by atoms with van der Waals surface area (Å²) in [6.07, 6.45) is 2.92. The van der Waals surface area contributed by atoms with Crippen molar-refractivity contribution in [2.24, 2.45) is 5.92 Å². The fraction of sp³-hybridized carbons (Fsp3) is 0.412. The fourth-order valence-corrected chi connectivity index (χ4v) is 3.89. The first-order valence-corrected chi connectivity index (χ1v) is 10.3.